The minimum Gasteiger partial charge on any atom is -0.493 e. The van der Waals surface area contributed by atoms with Crippen molar-refractivity contribution in [2.45, 2.75) is 19.6 Å². The van der Waals surface area contributed by atoms with Crippen molar-refractivity contribution in [2.24, 2.45) is 0 Å². The second-order valence-corrected chi connectivity index (χ2v) is 6.23. The van der Waals surface area contributed by atoms with Gasteiger partial charge in [0.25, 0.3) is 0 Å². The lowest BCUT2D eigenvalue weighted by Gasteiger charge is -2.13. The molecule has 1 N–H and O–H groups in total. The third-order valence-electron chi connectivity index (χ3n) is 3.82. The van der Waals surface area contributed by atoms with Gasteiger partial charge < -0.3 is 19.7 Å². The van der Waals surface area contributed by atoms with Crippen LogP contribution in [0, 0.1) is 5.82 Å². The Balaban J connectivity index is 0.00000338. The van der Waals surface area contributed by atoms with Gasteiger partial charge in [-0.25, -0.2) is 4.39 Å². The van der Waals surface area contributed by atoms with Gasteiger partial charge >= 0.3 is 0 Å². The third-order valence-corrected chi connectivity index (χ3v) is 3.82. The van der Waals surface area contributed by atoms with Gasteiger partial charge in [0, 0.05) is 6.54 Å². The Morgan fingerprint density at radius 1 is 0.963 bits per heavy atom. The van der Waals surface area contributed by atoms with E-state index in [9.17, 15) is 4.39 Å². The molecule has 152 valence electrons. The van der Waals surface area contributed by atoms with E-state index in [1.807, 2.05) is 18.2 Å². The number of rotatable bonds is 10. The Labute approximate surface area is 173 Å². The topological polar surface area (TPSA) is 33.7 Å². The fraction of sp³-hybridized carbons (Fsp3) is 0.400. The van der Waals surface area contributed by atoms with Gasteiger partial charge in [0.05, 0.1) is 7.11 Å². The van der Waals surface area contributed by atoms with Crippen LogP contribution in [0.4, 0.5) is 4.39 Å². The van der Waals surface area contributed by atoms with Gasteiger partial charge in [-0.1, -0.05) is 18.2 Å². The lowest BCUT2D eigenvalue weighted by Crippen LogP contribution is -2.21. The highest BCUT2D eigenvalue weighted by Crippen LogP contribution is 2.28. The standard InChI is InChI=1S/C20H27FN2O2.2ClH/c1-23(2)12-4-11-22-14-17-7-10-19(20(13-17)24-3)25-15-16-5-8-18(21)9-6-16;;/h5-10,13,22H,4,11-12,14-15H2,1-3H3;2*1H. The van der Waals surface area contributed by atoms with Gasteiger partial charge in [-0.15, -0.1) is 24.8 Å². The summed E-state index contributed by atoms with van der Waals surface area (Å²) < 4.78 is 24.2. The molecule has 2 aromatic rings. The van der Waals surface area contributed by atoms with Crippen LogP contribution >= 0.6 is 24.8 Å². The van der Waals surface area contributed by atoms with E-state index < -0.39 is 0 Å². The van der Waals surface area contributed by atoms with Gasteiger partial charge in [-0.3, -0.25) is 0 Å². The highest BCUT2D eigenvalue weighted by atomic mass is 35.5. The van der Waals surface area contributed by atoms with Gasteiger partial charge in [0.15, 0.2) is 11.5 Å². The van der Waals surface area contributed by atoms with Crippen LogP contribution in [0.2, 0.25) is 0 Å². The van der Waals surface area contributed by atoms with Crippen LogP contribution in [-0.2, 0) is 13.2 Å². The average Bonchev–Trinajstić information content (AvgIpc) is 2.61. The summed E-state index contributed by atoms with van der Waals surface area (Å²) >= 11 is 0. The first-order valence-corrected chi connectivity index (χ1v) is 8.48. The number of ether oxygens (including phenoxy) is 2. The minimum absolute atomic E-state index is 0. The second kappa shape index (κ2) is 13.6. The van der Waals surface area contributed by atoms with Crippen molar-refractivity contribution in [3.8, 4) is 11.5 Å². The number of hydrogen-bond donors (Lipinski definition) is 1. The summed E-state index contributed by atoms with van der Waals surface area (Å²) in [6.45, 7) is 3.22. The zero-order valence-electron chi connectivity index (χ0n) is 16.0. The number of nitrogens with zero attached hydrogens (tertiary/aromatic N) is 1. The van der Waals surface area contributed by atoms with Crippen molar-refractivity contribution < 1.29 is 13.9 Å². The van der Waals surface area contributed by atoms with Gasteiger partial charge in [-0.05, 0) is 69.0 Å². The van der Waals surface area contributed by atoms with Crippen molar-refractivity contribution >= 4 is 24.8 Å². The normalized spacial score (nSPS) is 10.1. The predicted octanol–water partition coefficient (Wildman–Crippen LogP) is 4.30. The average molecular weight is 419 g/mol. The first-order chi connectivity index (χ1) is 12.1. The van der Waals surface area contributed by atoms with E-state index in [-0.39, 0.29) is 30.6 Å². The molecular formula is C20H29Cl2FN2O2. The molecule has 0 spiro atoms. The zero-order valence-corrected chi connectivity index (χ0v) is 17.7. The van der Waals surface area contributed by atoms with Gasteiger partial charge in [0.1, 0.15) is 12.4 Å². The summed E-state index contributed by atoms with van der Waals surface area (Å²) in [6, 6.07) is 12.2. The molecule has 0 fully saturated rings. The number of hydrogen-bond acceptors (Lipinski definition) is 4. The van der Waals surface area contributed by atoms with E-state index in [0.717, 1.165) is 37.2 Å². The fourth-order valence-corrected chi connectivity index (χ4v) is 2.44. The van der Waals surface area contributed by atoms with Crippen LogP contribution in [0.15, 0.2) is 42.5 Å². The SMILES string of the molecule is COc1cc(CNCCCN(C)C)ccc1OCc1ccc(F)cc1.Cl.Cl. The monoisotopic (exact) mass is 418 g/mol. The molecule has 0 aliphatic heterocycles. The molecule has 2 rings (SSSR count). The first kappa shape index (κ1) is 25.5. The second-order valence-electron chi connectivity index (χ2n) is 6.23. The molecule has 0 heterocycles. The molecule has 0 atom stereocenters. The van der Waals surface area contributed by atoms with E-state index in [4.69, 9.17) is 9.47 Å². The molecule has 7 heteroatoms. The maximum absolute atomic E-state index is 12.9. The van der Waals surface area contributed by atoms with E-state index in [0.29, 0.717) is 18.1 Å². The van der Waals surface area contributed by atoms with Crippen LogP contribution < -0.4 is 14.8 Å². The molecule has 0 radical (unpaired) electrons. The smallest absolute Gasteiger partial charge is 0.161 e. The molecule has 0 bridgehead atoms. The van der Waals surface area contributed by atoms with E-state index in [1.54, 1.807) is 19.2 Å². The quantitative estimate of drug-likeness (QED) is 0.583. The Hall–Kier alpha value is -1.53. The Morgan fingerprint density at radius 3 is 2.26 bits per heavy atom. The van der Waals surface area contributed by atoms with Crippen molar-refractivity contribution in [3.63, 3.8) is 0 Å². The summed E-state index contributed by atoms with van der Waals surface area (Å²) in [4.78, 5) is 2.18. The van der Waals surface area contributed by atoms with Crippen molar-refractivity contribution in [2.75, 3.05) is 34.3 Å². The number of halogens is 3. The fourth-order valence-electron chi connectivity index (χ4n) is 2.44. The molecule has 2 aromatic carbocycles. The lowest BCUT2D eigenvalue weighted by molar-refractivity contribution is 0.284. The minimum atomic E-state index is -0.247. The van der Waals surface area contributed by atoms with Crippen molar-refractivity contribution in [1.82, 2.24) is 10.2 Å². The molecule has 0 aliphatic carbocycles. The number of methoxy groups -OCH3 is 1. The highest BCUT2D eigenvalue weighted by Gasteiger charge is 2.06. The Bertz CT molecular complexity index is 655. The number of benzene rings is 2. The van der Waals surface area contributed by atoms with Crippen LogP contribution in [0.5, 0.6) is 11.5 Å². The van der Waals surface area contributed by atoms with Crippen molar-refractivity contribution in [3.05, 3.63) is 59.4 Å². The molecule has 0 saturated heterocycles. The van der Waals surface area contributed by atoms with Crippen LogP contribution in [0.1, 0.15) is 17.5 Å². The summed E-state index contributed by atoms with van der Waals surface area (Å²) in [5, 5.41) is 3.43. The molecule has 0 aliphatic rings. The highest BCUT2D eigenvalue weighted by molar-refractivity contribution is 5.85. The largest absolute Gasteiger partial charge is 0.493 e. The molecule has 0 aromatic heterocycles. The maximum atomic E-state index is 12.9. The Kier molecular flexibility index (Phi) is 12.8. The predicted molar refractivity (Wildman–Crippen MR) is 113 cm³/mol. The molecular weight excluding hydrogens is 390 g/mol. The molecule has 27 heavy (non-hydrogen) atoms. The van der Waals surface area contributed by atoms with Crippen LogP contribution in [-0.4, -0.2) is 39.2 Å². The van der Waals surface area contributed by atoms with E-state index in [2.05, 4.69) is 24.3 Å². The van der Waals surface area contributed by atoms with E-state index in [1.165, 1.54) is 12.1 Å². The summed E-state index contributed by atoms with van der Waals surface area (Å²) in [5.74, 6) is 1.14. The molecule has 0 amide bonds. The Morgan fingerprint density at radius 2 is 1.63 bits per heavy atom. The molecule has 4 nitrogen and oxygen atoms in total. The van der Waals surface area contributed by atoms with E-state index >= 15 is 0 Å². The van der Waals surface area contributed by atoms with Crippen LogP contribution in [0.3, 0.4) is 0 Å². The maximum Gasteiger partial charge on any atom is 0.161 e. The van der Waals surface area contributed by atoms with Gasteiger partial charge in [-0.2, -0.15) is 0 Å². The van der Waals surface area contributed by atoms with Crippen molar-refractivity contribution in [1.29, 1.82) is 0 Å². The first-order valence-electron chi connectivity index (χ1n) is 8.48. The number of nitrogens with one attached hydrogen (secondary N) is 1. The van der Waals surface area contributed by atoms with Crippen LogP contribution in [0.25, 0.3) is 0 Å². The summed E-state index contributed by atoms with van der Waals surface area (Å²) in [7, 11) is 5.79. The summed E-state index contributed by atoms with van der Waals surface area (Å²) in [6.07, 6.45) is 1.11. The third kappa shape index (κ3) is 9.29. The molecule has 0 unspecified atom stereocenters. The van der Waals surface area contributed by atoms with Gasteiger partial charge in [0.2, 0.25) is 0 Å². The summed E-state index contributed by atoms with van der Waals surface area (Å²) in [5.41, 5.74) is 2.06. The molecule has 0 saturated carbocycles. The lowest BCUT2D eigenvalue weighted by atomic mass is 10.2. The zero-order chi connectivity index (χ0) is 18.1.